The van der Waals surface area contributed by atoms with Crippen LogP contribution in [0.1, 0.15) is 25.1 Å². The Morgan fingerprint density at radius 2 is 2.40 bits per heavy atom. The van der Waals surface area contributed by atoms with Gasteiger partial charge in [0.15, 0.2) is 0 Å². The van der Waals surface area contributed by atoms with E-state index in [0.717, 1.165) is 15.8 Å². The lowest BCUT2D eigenvalue weighted by atomic mass is 9.48. The van der Waals surface area contributed by atoms with Crippen LogP contribution in [0.15, 0.2) is 15.9 Å². The second-order valence-corrected chi connectivity index (χ2v) is 8.10. The molecule has 1 aliphatic heterocycles. The molecule has 3 unspecified atom stereocenters. The molecule has 1 aromatic heterocycles. The van der Waals surface area contributed by atoms with Crippen LogP contribution in [0.25, 0.3) is 0 Å². The molecule has 1 saturated heterocycles. The number of hydrogen-bond donors (Lipinski definition) is 2. The van der Waals surface area contributed by atoms with E-state index in [1.807, 2.05) is 25.3 Å². The Balaban J connectivity index is 1.70. The molecule has 3 rings (SSSR count). The van der Waals surface area contributed by atoms with Crippen LogP contribution in [0, 0.1) is 11.3 Å². The van der Waals surface area contributed by atoms with E-state index < -0.39 is 5.54 Å². The summed E-state index contributed by atoms with van der Waals surface area (Å²) >= 11 is 5.03. The molecular weight excluding hydrogens is 340 g/mol. The third-order valence-corrected chi connectivity index (χ3v) is 6.57. The molecule has 2 aliphatic rings. The van der Waals surface area contributed by atoms with Crippen molar-refractivity contribution >= 4 is 33.2 Å². The number of amides is 1. The van der Waals surface area contributed by atoms with Gasteiger partial charge in [0.1, 0.15) is 5.54 Å². The molecule has 4 nitrogen and oxygen atoms in total. The molecule has 6 heteroatoms. The zero-order chi connectivity index (χ0) is 14.5. The molecule has 2 fully saturated rings. The SMILES string of the molecule is CC1(C)C2OCCC2C1(N)C(=O)NCc1cc(Br)cs1. The minimum absolute atomic E-state index is 0.0567. The highest BCUT2D eigenvalue weighted by molar-refractivity contribution is 9.10. The van der Waals surface area contributed by atoms with Gasteiger partial charge in [-0.1, -0.05) is 13.8 Å². The molecule has 20 heavy (non-hydrogen) atoms. The zero-order valence-electron chi connectivity index (χ0n) is 11.6. The predicted octanol–water partition coefficient (Wildman–Crippen LogP) is 2.27. The maximum atomic E-state index is 12.6. The van der Waals surface area contributed by atoms with Crippen molar-refractivity contribution in [2.24, 2.45) is 17.1 Å². The summed E-state index contributed by atoms with van der Waals surface area (Å²) in [5, 5.41) is 5.00. The molecule has 2 heterocycles. The van der Waals surface area contributed by atoms with Gasteiger partial charge in [-0.05, 0) is 28.4 Å². The van der Waals surface area contributed by atoms with Crippen molar-refractivity contribution in [1.29, 1.82) is 0 Å². The van der Waals surface area contributed by atoms with Crippen LogP contribution in [-0.2, 0) is 16.1 Å². The second-order valence-electron chi connectivity index (χ2n) is 6.19. The molecular formula is C14H19BrN2O2S. The quantitative estimate of drug-likeness (QED) is 0.870. The maximum Gasteiger partial charge on any atom is 0.241 e. The number of thiophene rings is 1. The minimum Gasteiger partial charge on any atom is -0.377 e. The van der Waals surface area contributed by atoms with E-state index in [1.165, 1.54) is 0 Å². The second kappa shape index (κ2) is 4.80. The summed E-state index contributed by atoms with van der Waals surface area (Å²) in [4.78, 5) is 13.7. The molecule has 3 atom stereocenters. The summed E-state index contributed by atoms with van der Waals surface area (Å²) in [6.45, 7) is 5.30. The number of fused-ring (bicyclic) bond motifs is 1. The number of halogens is 1. The van der Waals surface area contributed by atoms with Crippen LogP contribution >= 0.6 is 27.3 Å². The van der Waals surface area contributed by atoms with Gasteiger partial charge in [-0.3, -0.25) is 4.79 Å². The Bertz CT molecular complexity index is 545. The molecule has 1 aliphatic carbocycles. The van der Waals surface area contributed by atoms with Gasteiger partial charge >= 0.3 is 0 Å². The molecule has 0 radical (unpaired) electrons. The highest BCUT2D eigenvalue weighted by Gasteiger charge is 2.71. The predicted molar refractivity (Wildman–Crippen MR) is 82.4 cm³/mol. The monoisotopic (exact) mass is 358 g/mol. The minimum atomic E-state index is -0.817. The van der Waals surface area contributed by atoms with Crippen molar-refractivity contribution in [2.75, 3.05) is 6.61 Å². The number of ether oxygens (including phenoxy) is 1. The first-order chi connectivity index (χ1) is 9.37. The highest BCUT2D eigenvalue weighted by atomic mass is 79.9. The third kappa shape index (κ3) is 1.89. The van der Waals surface area contributed by atoms with Crippen molar-refractivity contribution in [1.82, 2.24) is 5.32 Å². The Morgan fingerprint density at radius 3 is 3.05 bits per heavy atom. The van der Waals surface area contributed by atoms with Crippen LogP contribution in [0.2, 0.25) is 0 Å². The smallest absolute Gasteiger partial charge is 0.241 e. The number of carbonyl (C=O) groups is 1. The average molecular weight is 359 g/mol. The zero-order valence-corrected chi connectivity index (χ0v) is 14.0. The topological polar surface area (TPSA) is 64.3 Å². The van der Waals surface area contributed by atoms with Gasteiger partial charge in [0, 0.05) is 32.7 Å². The fourth-order valence-electron chi connectivity index (χ4n) is 3.61. The summed E-state index contributed by atoms with van der Waals surface area (Å²) < 4.78 is 6.76. The summed E-state index contributed by atoms with van der Waals surface area (Å²) in [5.41, 5.74) is 5.35. The number of nitrogens with two attached hydrogens (primary N) is 1. The van der Waals surface area contributed by atoms with Gasteiger partial charge < -0.3 is 15.8 Å². The summed E-state index contributed by atoms with van der Waals surface area (Å²) in [6, 6.07) is 2.02. The first kappa shape index (κ1) is 14.5. The van der Waals surface area contributed by atoms with E-state index in [9.17, 15) is 4.79 Å². The summed E-state index contributed by atoms with van der Waals surface area (Å²) in [7, 11) is 0. The molecule has 0 spiro atoms. The standard InChI is InChI=1S/C14H19BrN2O2S/c1-13(2)11-10(3-4-19-11)14(13,16)12(18)17-6-9-5-8(15)7-20-9/h5,7,10-11H,3-4,6,16H2,1-2H3,(H,17,18). The van der Waals surface area contributed by atoms with E-state index in [1.54, 1.807) is 11.3 Å². The van der Waals surface area contributed by atoms with Crippen LogP contribution in [0.4, 0.5) is 0 Å². The average Bonchev–Trinajstić information content (AvgIpc) is 3.02. The van der Waals surface area contributed by atoms with Gasteiger partial charge in [-0.15, -0.1) is 11.3 Å². The Kier molecular flexibility index (Phi) is 3.48. The Morgan fingerprint density at radius 1 is 1.65 bits per heavy atom. The molecule has 110 valence electrons. The molecule has 1 saturated carbocycles. The number of hydrogen-bond acceptors (Lipinski definition) is 4. The van der Waals surface area contributed by atoms with Crippen LogP contribution < -0.4 is 11.1 Å². The lowest BCUT2D eigenvalue weighted by Gasteiger charge is -2.60. The van der Waals surface area contributed by atoms with Gasteiger partial charge in [-0.25, -0.2) is 0 Å². The van der Waals surface area contributed by atoms with E-state index >= 15 is 0 Å². The normalized spacial score (nSPS) is 34.4. The number of nitrogens with one attached hydrogen (secondary N) is 1. The van der Waals surface area contributed by atoms with Crippen molar-refractivity contribution in [3.63, 3.8) is 0 Å². The molecule has 3 N–H and O–H groups in total. The van der Waals surface area contributed by atoms with E-state index in [4.69, 9.17) is 10.5 Å². The molecule has 1 amide bonds. The fraction of sp³-hybridized carbons (Fsp3) is 0.643. The fourth-order valence-corrected chi connectivity index (χ4v) is 5.00. The van der Waals surface area contributed by atoms with Crippen LogP contribution in [0.3, 0.4) is 0 Å². The Labute approximate surface area is 131 Å². The molecule has 1 aromatic rings. The van der Waals surface area contributed by atoms with E-state index in [0.29, 0.717) is 13.2 Å². The lowest BCUT2D eigenvalue weighted by molar-refractivity contribution is -0.175. The highest BCUT2D eigenvalue weighted by Crippen LogP contribution is 2.58. The molecule has 0 aromatic carbocycles. The van der Waals surface area contributed by atoms with Gasteiger partial charge in [-0.2, -0.15) is 0 Å². The summed E-state index contributed by atoms with van der Waals surface area (Å²) in [5.74, 6) is 0.0892. The van der Waals surface area contributed by atoms with Gasteiger partial charge in [0.2, 0.25) is 5.91 Å². The van der Waals surface area contributed by atoms with Crippen LogP contribution in [0.5, 0.6) is 0 Å². The van der Waals surface area contributed by atoms with Crippen molar-refractivity contribution in [2.45, 2.75) is 38.5 Å². The van der Waals surface area contributed by atoms with E-state index in [2.05, 4.69) is 21.2 Å². The third-order valence-electron chi connectivity index (χ3n) is 4.87. The van der Waals surface area contributed by atoms with Gasteiger partial charge in [0.25, 0.3) is 0 Å². The first-order valence-electron chi connectivity index (χ1n) is 6.79. The Hall–Kier alpha value is -0.430. The maximum absolute atomic E-state index is 12.6. The largest absolute Gasteiger partial charge is 0.377 e. The van der Waals surface area contributed by atoms with Crippen molar-refractivity contribution in [3.8, 4) is 0 Å². The van der Waals surface area contributed by atoms with Crippen molar-refractivity contribution in [3.05, 3.63) is 20.8 Å². The van der Waals surface area contributed by atoms with Crippen LogP contribution in [-0.4, -0.2) is 24.2 Å². The summed E-state index contributed by atoms with van der Waals surface area (Å²) in [6.07, 6.45) is 0.997. The lowest BCUT2D eigenvalue weighted by Crippen LogP contribution is -2.80. The van der Waals surface area contributed by atoms with E-state index in [-0.39, 0.29) is 23.3 Å². The molecule has 0 bridgehead atoms. The number of carbonyl (C=O) groups excluding carboxylic acids is 1. The van der Waals surface area contributed by atoms with Crippen molar-refractivity contribution < 1.29 is 9.53 Å². The number of rotatable bonds is 3. The first-order valence-corrected chi connectivity index (χ1v) is 8.46. The van der Waals surface area contributed by atoms with Gasteiger partial charge in [0.05, 0.1) is 12.6 Å².